The molecule has 2 aliphatic rings. The van der Waals surface area contributed by atoms with Crippen LogP contribution in [0.25, 0.3) is 0 Å². The molecule has 220 valence electrons. The molecule has 2 aliphatic heterocycles. The first-order valence-electron chi connectivity index (χ1n) is 13.0. The lowest BCUT2D eigenvalue weighted by Crippen LogP contribution is -2.33. The maximum atomic E-state index is 13.9. The Bertz CT molecular complexity index is 1840. The highest BCUT2D eigenvalue weighted by molar-refractivity contribution is 9.10. The number of aromatic nitrogens is 1. The second-order valence-electron chi connectivity index (χ2n) is 10.2. The molecule has 0 saturated carbocycles. The summed E-state index contributed by atoms with van der Waals surface area (Å²) in [6.07, 6.45) is -4.59. The Morgan fingerprint density at radius 1 is 0.977 bits per heavy atom. The summed E-state index contributed by atoms with van der Waals surface area (Å²) in [4.78, 5) is 55.3. The summed E-state index contributed by atoms with van der Waals surface area (Å²) in [5, 5.41) is 1.95. The van der Waals surface area contributed by atoms with Crippen LogP contribution in [0.3, 0.4) is 0 Å². The number of hydrogen-bond donors (Lipinski definition) is 1. The third kappa shape index (κ3) is 5.45. The standard InChI is InChI=1S/C30H21BrF3N3O4S2/c1-15-8-10-20(11-9-15)37-26(39)23-22(16-4-2-6-18(31)12-16)25-28(42-24(23)27(37)40)36(29(41)43-25)14-21(38)35-19-7-3-5-17(13-19)30(32,33)34/h2-13,22-24H,14H2,1H3,(H,35,38). The molecule has 0 bridgehead atoms. The molecule has 0 aliphatic carbocycles. The lowest BCUT2D eigenvalue weighted by atomic mass is 9.83. The third-order valence-corrected chi connectivity index (χ3v) is 10.4. The van der Waals surface area contributed by atoms with Crippen LogP contribution in [0, 0.1) is 12.8 Å². The van der Waals surface area contributed by atoms with Crippen molar-refractivity contribution in [2.45, 2.75) is 35.8 Å². The summed E-state index contributed by atoms with van der Waals surface area (Å²) in [6, 6.07) is 18.6. The van der Waals surface area contributed by atoms with Gasteiger partial charge < -0.3 is 5.32 Å². The van der Waals surface area contributed by atoms with Crippen LogP contribution in [-0.4, -0.2) is 27.5 Å². The zero-order chi connectivity index (χ0) is 30.6. The van der Waals surface area contributed by atoms with Gasteiger partial charge in [-0.3, -0.25) is 23.7 Å². The van der Waals surface area contributed by atoms with Gasteiger partial charge in [0.25, 0.3) is 0 Å². The first-order chi connectivity index (χ1) is 20.4. The van der Waals surface area contributed by atoms with Crippen LogP contribution in [-0.2, 0) is 27.1 Å². The van der Waals surface area contributed by atoms with Crippen LogP contribution in [0.4, 0.5) is 24.5 Å². The van der Waals surface area contributed by atoms with E-state index in [4.69, 9.17) is 0 Å². The van der Waals surface area contributed by atoms with Crippen molar-refractivity contribution in [3.8, 4) is 0 Å². The average molecular weight is 689 g/mol. The minimum absolute atomic E-state index is 0.0676. The van der Waals surface area contributed by atoms with Crippen molar-refractivity contribution in [1.82, 2.24) is 4.57 Å². The van der Waals surface area contributed by atoms with Gasteiger partial charge in [-0.2, -0.15) is 13.2 Å². The minimum atomic E-state index is -4.59. The van der Waals surface area contributed by atoms with Gasteiger partial charge in [-0.25, -0.2) is 4.90 Å². The summed E-state index contributed by atoms with van der Waals surface area (Å²) < 4.78 is 41.4. The number of alkyl halides is 3. The average Bonchev–Trinajstić information content (AvgIpc) is 3.39. The number of nitrogens with one attached hydrogen (secondary N) is 1. The van der Waals surface area contributed by atoms with E-state index in [0.717, 1.165) is 50.8 Å². The summed E-state index contributed by atoms with van der Waals surface area (Å²) in [7, 11) is 0. The molecule has 0 spiro atoms. The Labute approximate surface area is 259 Å². The van der Waals surface area contributed by atoms with Gasteiger partial charge in [0.1, 0.15) is 11.8 Å². The molecule has 43 heavy (non-hydrogen) atoms. The van der Waals surface area contributed by atoms with Crippen LogP contribution < -0.4 is 15.1 Å². The molecule has 6 rings (SSSR count). The molecule has 3 aromatic carbocycles. The van der Waals surface area contributed by atoms with E-state index in [1.807, 2.05) is 37.3 Å². The van der Waals surface area contributed by atoms with E-state index >= 15 is 0 Å². The summed E-state index contributed by atoms with van der Waals surface area (Å²) in [5.74, 6) is -2.95. The Hall–Kier alpha value is -3.68. The highest BCUT2D eigenvalue weighted by Crippen LogP contribution is 2.54. The largest absolute Gasteiger partial charge is 0.416 e. The van der Waals surface area contributed by atoms with Crippen LogP contribution in [0.5, 0.6) is 0 Å². The van der Waals surface area contributed by atoms with Crippen molar-refractivity contribution in [2.24, 2.45) is 5.92 Å². The predicted molar refractivity (Wildman–Crippen MR) is 161 cm³/mol. The number of carbonyl (C=O) groups excluding carboxylic acids is 3. The van der Waals surface area contributed by atoms with E-state index in [-0.39, 0.29) is 11.6 Å². The number of thiazole rings is 1. The smallest absolute Gasteiger partial charge is 0.325 e. The first-order valence-corrected chi connectivity index (χ1v) is 15.5. The van der Waals surface area contributed by atoms with E-state index < -0.39 is 52.1 Å². The molecule has 3 amide bonds. The minimum Gasteiger partial charge on any atom is -0.325 e. The molecular weight excluding hydrogens is 667 g/mol. The maximum Gasteiger partial charge on any atom is 0.416 e. The zero-order valence-corrected chi connectivity index (χ0v) is 25.4. The van der Waals surface area contributed by atoms with Gasteiger partial charge in [-0.05, 0) is 55.0 Å². The van der Waals surface area contributed by atoms with Crippen molar-refractivity contribution in [3.63, 3.8) is 0 Å². The van der Waals surface area contributed by atoms with E-state index in [1.54, 1.807) is 18.2 Å². The highest BCUT2D eigenvalue weighted by atomic mass is 79.9. The van der Waals surface area contributed by atoms with E-state index in [1.165, 1.54) is 21.6 Å². The number of amides is 3. The Kier molecular flexibility index (Phi) is 7.59. The fourth-order valence-electron chi connectivity index (χ4n) is 5.38. The quantitative estimate of drug-likeness (QED) is 0.244. The van der Waals surface area contributed by atoms with Gasteiger partial charge in [0, 0.05) is 21.0 Å². The van der Waals surface area contributed by atoms with Crippen LogP contribution in [0.1, 0.15) is 27.5 Å². The van der Waals surface area contributed by atoms with Gasteiger partial charge in [0.2, 0.25) is 17.7 Å². The van der Waals surface area contributed by atoms with Gasteiger partial charge in [0.15, 0.2) is 0 Å². The van der Waals surface area contributed by atoms with Gasteiger partial charge in [0.05, 0.1) is 22.2 Å². The number of imide groups is 1. The molecule has 1 N–H and O–H groups in total. The third-order valence-electron chi connectivity index (χ3n) is 7.32. The van der Waals surface area contributed by atoms with Crippen molar-refractivity contribution in [2.75, 3.05) is 10.2 Å². The van der Waals surface area contributed by atoms with Crippen molar-refractivity contribution in [3.05, 3.63) is 109 Å². The number of aryl methyl sites for hydroxylation is 1. The molecule has 3 unspecified atom stereocenters. The second kappa shape index (κ2) is 11.1. The SMILES string of the molecule is Cc1ccc(N2C(=O)C3Sc4c(sc(=O)n4CC(=O)Nc4cccc(C(F)(F)F)c4)C(c4cccc(Br)c4)C3C2=O)cc1. The second-order valence-corrected chi connectivity index (χ2v) is 13.2. The number of benzene rings is 3. The summed E-state index contributed by atoms with van der Waals surface area (Å²) in [6.45, 7) is 1.41. The number of rotatable bonds is 5. The fraction of sp³-hybridized carbons (Fsp3) is 0.200. The molecule has 1 saturated heterocycles. The molecule has 13 heteroatoms. The van der Waals surface area contributed by atoms with Crippen molar-refractivity contribution >= 4 is 68.1 Å². The molecule has 4 aromatic rings. The maximum absolute atomic E-state index is 13.9. The topological polar surface area (TPSA) is 88.5 Å². The van der Waals surface area contributed by atoms with Crippen molar-refractivity contribution < 1.29 is 27.6 Å². The predicted octanol–water partition coefficient (Wildman–Crippen LogP) is 6.43. The molecule has 1 fully saturated rings. The van der Waals surface area contributed by atoms with Gasteiger partial charge in [-0.15, -0.1) is 0 Å². The number of thioether (sulfide) groups is 1. The van der Waals surface area contributed by atoms with Gasteiger partial charge in [-0.1, -0.05) is 74.9 Å². The molecule has 3 atom stereocenters. The Morgan fingerprint density at radius 2 is 1.70 bits per heavy atom. The Balaban J connectivity index is 1.38. The molecule has 7 nitrogen and oxygen atoms in total. The van der Waals surface area contributed by atoms with Gasteiger partial charge >= 0.3 is 11.0 Å². The fourth-order valence-corrected chi connectivity index (χ4v) is 8.57. The number of carbonyl (C=O) groups is 3. The van der Waals surface area contributed by atoms with E-state index in [0.29, 0.717) is 15.6 Å². The van der Waals surface area contributed by atoms with Crippen LogP contribution in [0.2, 0.25) is 0 Å². The van der Waals surface area contributed by atoms with E-state index in [9.17, 15) is 32.3 Å². The number of fused-ring (bicyclic) bond motifs is 2. The Morgan fingerprint density at radius 3 is 2.40 bits per heavy atom. The monoisotopic (exact) mass is 687 g/mol. The van der Waals surface area contributed by atoms with Crippen LogP contribution in [0.15, 0.2) is 87.1 Å². The normalized spacial score (nSPS) is 19.7. The number of anilines is 2. The lowest BCUT2D eigenvalue weighted by Gasteiger charge is -2.30. The first kappa shape index (κ1) is 29.4. The van der Waals surface area contributed by atoms with Crippen molar-refractivity contribution in [1.29, 1.82) is 0 Å². The summed E-state index contributed by atoms with van der Waals surface area (Å²) in [5.41, 5.74) is 1.15. The highest BCUT2D eigenvalue weighted by Gasteiger charge is 2.56. The molecule has 3 heterocycles. The number of hydrogen-bond acceptors (Lipinski definition) is 6. The van der Waals surface area contributed by atoms with E-state index in [2.05, 4.69) is 21.2 Å². The molecule has 1 aromatic heterocycles. The number of nitrogens with zero attached hydrogens (tertiary/aromatic N) is 2. The molecular formula is C30H21BrF3N3O4S2. The number of halogens is 4. The molecule has 0 radical (unpaired) electrons. The summed E-state index contributed by atoms with van der Waals surface area (Å²) >= 11 is 5.43. The zero-order valence-electron chi connectivity index (χ0n) is 22.2. The lowest BCUT2D eigenvalue weighted by molar-refractivity contribution is -0.137. The van der Waals surface area contributed by atoms with Crippen LogP contribution >= 0.6 is 39.0 Å².